The minimum Gasteiger partial charge on any atom is -0.494 e. The Labute approximate surface area is 148 Å². The summed E-state index contributed by atoms with van der Waals surface area (Å²) in [6.07, 6.45) is 3.76. The predicted molar refractivity (Wildman–Crippen MR) is 97.5 cm³/mol. The van der Waals surface area contributed by atoms with E-state index >= 15 is 0 Å². The van der Waals surface area contributed by atoms with E-state index in [1.807, 2.05) is 36.2 Å². The molecule has 6 heteroatoms. The standard InChI is InChI=1S/C19H26N4O2/c1-4-10-22(15-7-9-20-13-15)19(24)16-8-11-23(21-16)17-12-14(2)5-6-18(17)25-3/h5-6,8,11-12,15,20H,4,7,9-10,13H2,1-3H3. The quantitative estimate of drug-likeness (QED) is 0.876. The summed E-state index contributed by atoms with van der Waals surface area (Å²) in [7, 11) is 1.64. The van der Waals surface area contributed by atoms with Crippen LogP contribution in [0.1, 0.15) is 35.8 Å². The number of aryl methyl sites for hydroxylation is 1. The molecule has 1 N–H and O–H groups in total. The fraction of sp³-hybridized carbons (Fsp3) is 0.474. The van der Waals surface area contributed by atoms with Gasteiger partial charge in [0.2, 0.25) is 0 Å². The Balaban J connectivity index is 1.87. The molecule has 1 saturated heterocycles. The average Bonchev–Trinajstić information content (AvgIpc) is 3.30. The fourth-order valence-electron chi connectivity index (χ4n) is 3.29. The fourth-order valence-corrected chi connectivity index (χ4v) is 3.29. The zero-order valence-corrected chi connectivity index (χ0v) is 15.2. The number of hydrogen-bond donors (Lipinski definition) is 1. The molecular formula is C19H26N4O2. The van der Waals surface area contributed by atoms with E-state index in [9.17, 15) is 4.79 Å². The van der Waals surface area contributed by atoms with E-state index in [1.54, 1.807) is 17.9 Å². The smallest absolute Gasteiger partial charge is 0.274 e. The van der Waals surface area contributed by atoms with Crippen LogP contribution in [0.4, 0.5) is 0 Å². The number of aromatic nitrogens is 2. The van der Waals surface area contributed by atoms with Crippen molar-refractivity contribution in [3.8, 4) is 11.4 Å². The molecule has 1 fully saturated rings. The second-order valence-electron chi connectivity index (χ2n) is 6.47. The molecule has 1 unspecified atom stereocenters. The van der Waals surface area contributed by atoms with Gasteiger partial charge in [-0.15, -0.1) is 0 Å². The van der Waals surface area contributed by atoms with E-state index in [0.717, 1.165) is 49.5 Å². The van der Waals surface area contributed by atoms with Crippen LogP contribution in [-0.4, -0.2) is 53.4 Å². The molecule has 1 atom stereocenters. The van der Waals surface area contributed by atoms with E-state index in [0.29, 0.717) is 5.69 Å². The van der Waals surface area contributed by atoms with Gasteiger partial charge < -0.3 is 15.0 Å². The van der Waals surface area contributed by atoms with Crippen molar-refractivity contribution in [1.82, 2.24) is 20.0 Å². The number of hydrogen-bond acceptors (Lipinski definition) is 4. The third-order valence-corrected chi connectivity index (χ3v) is 4.59. The summed E-state index contributed by atoms with van der Waals surface area (Å²) in [5, 5.41) is 7.86. The first-order valence-corrected chi connectivity index (χ1v) is 8.86. The Hall–Kier alpha value is -2.34. The largest absolute Gasteiger partial charge is 0.494 e. The minimum atomic E-state index is 0.000852. The Bertz CT molecular complexity index is 735. The lowest BCUT2D eigenvalue weighted by Gasteiger charge is -2.27. The SMILES string of the molecule is CCCN(C(=O)c1ccn(-c2cc(C)ccc2OC)n1)C1CCNC1. The molecule has 1 aromatic heterocycles. The van der Waals surface area contributed by atoms with Gasteiger partial charge in [-0.05, 0) is 50.1 Å². The molecule has 0 aliphatic carbocycles. The maximum atomic E-state index is 13.0. The maximum absolute atomic E-state index is 13.0. The zero-order valence-electron chi connectivity index (χ0n) is 15.2. The first-order chi connectivity index (χ1) is 12.1. The van der Waals surface area contributed by atoms with Crippen LogP contribution in [0.3, 0.4) is 0 Å². The summed E-state index contributed by atoms with van der Waals surface area (Å²) in [5.74, 6) is 0.735. The van der Waals surface area contributed by atoms with Crippen LogP contribution in [0.25, 0.3) is 5.69 Å². The maximum Gasteiger partial charge on any atom is 0.274 e. The summed E-state index contributed by atoms with van der Waals surface area (Å²) in [6.45, 7) is 6.70. The van der Waals surface area contributed by atoms with Crippen LogP contribution in [0.5, 0.6) is 5.75 Å². The predicted octanol–water partition coefficient (Wildman–Crippen LogP) is 2.40. The Morgan fingerprint density at radius 1 is 1.44 bits per heavy atom. The number of benzene rings is 1. The first kappa shape index (κ1) is 17.5. The van der Waals surface area contributed by atoms with E-state index in [1.165, 1.54) is 0 Å². The molecule has 134 valence electrons. The van der Waals surface area contributed by atoms with Crippen molar-refractivity contribution in [3.05, 3.63) is 41.7 Å². The minimum absolute atomic E-state index is 0.000852. The third-order valence-electron chi connectivity index (χ3n) is 4.59. The van der Waals surface area contributed by atoms with Crippen LogP contribution in [0.15, 0.2) is 30.5 Å². The number of nitrogens with zero attached hydrogens (tertiary/aromatic N) is 3. The van der Waals surface area contributed by atoms with E-state index in [-0.39, 0.29) is 11.9 Å². The number of carbonyl (C=O) groups excluding carboxylic acids is 1. The molecule has 3 rings (SSSR count). The summed E-state index contributed by atoms with van der Waals surface area (Å²) in [6, 6.07) is 7.96. The average molecular weight is 342 g/mol. The van der Waals surface area contributed by atoms with Gasteiger partial charge in [0, 0.05) is 25.3 Å². The van der Waals surface area contributed by atoms with Gasteiger partial charge in [0.1, 0.15) is 11.4 Å². The second-order valence-corrected chi connectivity index (χ2v) is 6.47. The molecule has 1 amide bonds. The Morgan fingerprint density at radius 2 is 2.28 bits per heavy atom. The molecule has 1 aromatic carbocycles. The highest BCUT2D eigenvalue weighted by molar-refractivity contribution is 5.92. The molecule has 6 nitrogen and oxygen atoms in total. The zero-order chi connectivity index (χ0) is 17.8. The number of methoxy groups -OCH3 is 1. The molecular weight excluding hydrogens is 316 g/mol. The van der Waals surface area contributed by atoms with Crippen molar-refractivity contribution in [2.75, 3.05) is 26.7 Å². The van der Waals surface area contributed by atoms with Crippen molar-refractivity contribution in [3.63, 3.8) is 0 Å². The van der Waals surface area contributed by atoms with Gasteiger partial charge in [0.05, 0.1) is 7.11 Å². The van der Waals surface area contributed by atoms with Crippen LogP contribution in [0.2, 0.25) is 0 Å². The summed E-state index contributed by atoms with van der Waals surface area (Å²) < 4.78 is 7.15. The van der Waals surface area contributed by atoms with Crippen molar-refractivity contribution in [1.29, 1.82) is 0 Å². The number of amides is 1. The number of nitrogens with one attached hydrogen (secondary N) is 1. The highest BCUT2D eigenvalue weighted by Gasteiger charge is 2.28. The highest BCUT2D eigenvalue weighted by atomic mass is 16.5. The van der Waals surface area contributed by atoms with E-state index in [2.05, 4.69) is 17.3 Å². The Kier molecular flexibility index (Phi) is 5.38. The van der Waals surface area contributed by atoms with Gasteiger partial charge in [-0.2, -0.15) is 5.10 Å². The van der Waals surface area contributed by atoms with Crippen LogP contribution in [-0.2, 0) is 0 Å². The number of rotatable bonds is 6. The molecule has 2 aromatic rings. The van der Waals surface area contributed by atoms with Gasteiger partial charge >= 0.3 is 0 Å². The van der Waals surface area contributed by atoms with Crippen molar-refractivity contribution >= 4 is 5.91 Å². The first-order valence-electron chi connectivity index (χ1n) is 8.86. The third kappa shape index (κ3) is 3.69. The van der Waals surface area contributed by atoms with Crippen molar-refractivity contribution < 1.29 is 9.53 Å². The van der Waals surface area contributed by atoms with Crippen molar-refractivity contribution in [2.45, 2.75) is 32.7 Å². The molecule has 2 heterocycles. The lowest BCUT2D eigenvalue weighted by Crippen LogP contribution is -2.42. The Morgan fingerprint density at radius 3 is 2.96 bits per heavy atom. The van der Waals surface area contributed by atoms with Gasteiger partial charge in [0.15, 0.2) is 5.69 Å². The molecule has 1 aliphatic rings. The van der Waals surface area contributed by atoms with E-state index in [4.69, 9.17) is 4.74 Å². The van der Waals surface area contributed by atoms with Crippen LogP contribution < -0.4 is 10.1 Å². The van der Waals surface area contributed by atoms with Crippen LogP contribution in [0, 0.1) is 6.92 Å². The topological polar surface area (TPSA) is 59.4 Å². The lowest BCUT2D eigenvalue weighted by molar-refractivity contribution is 0.0685. The summed E-state index contributed by atoms with van der Waals surface area (Å²) >= 11 is 0. The van der Waals surface area contributed by atoms with Crippen molar-refractivity contribution in [2.24, 2.45) is 0 Å². The number of ether oxygens (including phenoxy) is 1. The van der Waals surface area contributed by atoms with Gasteiger partial charge in [0.25, 0.3) is 5.91 Å². The number of carbonyl (C=O) groups is 1. The second kappa shape index (κ2) is 7.70. The van der Waals surface area contributed by atoms with Gasteiger partial charge in [-0.3, -0.25) is 4.79 Å². The molecule has 0 spiro atoms. The van der Waals surface area contributed by atoms with E-state index < -0.39 is 0 Å². The molecule has 0 saturated carbocycles. The van der Waals surface area contributed by atoms with Gasteiger partial charge in [-0.1, -0.05) is 13.0 Å². The van der Waals surface area contributed by atoms with Gasteiger partial charge in [-0.25, -0.2) is 4.68 Å². The molecule has 1 aliphatic heterocycles. The lowest BCUT2D eigenvalue weighted by atomic mass is 10.2. The summed E-state index contributed by atoms with van der Waals surface area (Å²) in [4.78, 5) is 14.9. The summed E-state index contributed by atoms with van der Waals surface area (Å²) in [5.41, 5.74) is 2.43. The monoisotopic (exact) mass is 342 g/mol. The normalized spacial score (nSPS) is 16.8. The molecule has 25 heavy (non-hydrogen) atoms. The molecule has 0 bridgehead atoms. The van der Waals surface area contributed by atoms with Crippen LogP contribution >= 0.6 is 0 Å². The highest BCUT2D eigenvalue weighted by Crippen LogP contribution is 2.24. The molecule has 0 radical (unpaired) electrons.